The molecule has 4 heteroatoms. The van der Waals surface area contributed by atoms with Crippen LogP contribution in [0.3, 0.4) is 0 Å². The van der Waals surface area contributed by atoms with E-state index in [0.29, 0.717) is 12.0 Å². The monoisotopic (exact) mass is 227 g/mol. The molecule has 16 heavy (non-hydrogen) atoms. The molecular weight excluding hydrogens is 209 g/mol. The molecule has 3 nitrogen and oxygen atoms in total. The first kappa shape index (κ1) is 12.9. The highest BCUT2D eigenvalue weighted by Crippen LogP contribution is 2.19. The van der Waals surface area contributed by atoms with E-state index in [9.17, 15) is 9.50 Å². The van der Waals surface area contributed by atoms with Gasteiger partial charge in [0.25, 0.3) is 0 Å². The highest BCUT2D eigenvalue weighted by atomic mass is 19.1. The molecule has 1 aromatic rings. The van der Waals surface area contributed by atoms with Gasteiger partial charge in [0.2, 0.25) is 0 Å². The summed E-state index contributed by atoms with van der Waals surface area (Å²) in [6.45, 7) is 1.69. The van der Waals surface area contributed by atoms with Crippen molar-refractivity contribution in [2.45, 2.75) is 19.4 Å². The van der Waals surface area contributed by atoms with Crippen LogP contribution in [0.15, 0.2) is 18.2 Å². The van der Waals surface area contributed by atoms with Gasteiger partial charge in [-0.15, -0.1) is 0 Å². The Morgan fingerprint density at radius 2 is 2.06 bits per heavy atom. The number of aliphatic hydroxyl groups is 2. The first-order valence-electron chi connectivity index (χ1n) is 5.30. The summed E-state index contributed by atoms with van der Waals surface area (Å²) in [7, 11) is 1.82. The molecule has 0 aliphatic rings. The Hall–Kier alpha value is -1.13. The molecular formula is C12H18FNO2. The zero-order chi connectivity index (χ0) is 12.1. The van der Waals surface area contributed by atoms with Gasteiger partial charge >= 0.3 is 0 Å². The van der Waals surface area contributed by atoms with Crippen molar-refractivity contribution >= 4 is 5.69 Å². The second-order valence-electron chi connectivity index (χ2n) is 3.89. The Labute approximate surface area is 95.1 Å². The molecule has 0 aliphatic carbocycles. The third-order valence-corrected chi connectivity index (χ3v) is 2.77. The number of likely N-dealkylation sites (N-methyl/N-ethyl adjacent to an activating group) is 1. The molecule has 0 saturated heterocycles. The lowest BCUT2D eigenvalue weighted by Gasteiger charge is -2.28. The fourth-order valence-corrected chi connectivity index (χ4v) is 1.62. The van der Waals surface area contributed by atoms with E-state index < -0.39 is 0 Å². The molecule has 90 valence electrons. The van der Waals surface area contributed by atoms with Crippen LogP contribution in [0.5, 0.6) is 0 Å². The molecule has 0 heterocycles. The Morgan fingerprint density at radius 1 is 1.38 bits per heavy atom. The zero-order valence-corrected chi connectivity index (χ0v) is 9.65. The Balaban J connectivity index is 2.85. The van der Waals surface area contributed by atoms with Gasteiger partial charge in [0, 0.05) is 19.3 Å². The second-order valence-corrected chi connectivity index (χ2v) is 3.89. The predicted octanol–water partition coefficient (Wildman–Crippen LogP) is 1.31. The molecule has 1 unspecified atom stereocenters. The number of nitrogens with zero attached hydrogens (tertiary/aromatic N) is 1. The molecule has 0 spiro atoms. The van der Waals surface area contributed by atoms with Crippen LogP contribution < -0.4 is 4.90 Å². The largest absolute Gasteiger partial charge is 0.396 e. The van der Waals surface area contributed by atoms with Crippen molar-refractivity contribution in [3.05, 3.63) is 29.6 Å². The molecule has 0 fully saturated rings. The summed E-state index contributed by atoms with van der Waals surface area (Å²) in [5, 5.41) is 18.1. The topological polar surface area (TPSA) is 43.7 Å². The first-order valence-corrected chi connectivity index (χ1v) is 5.30. The SMILES string of the molecule is Cc1cc(N(C)C(CO)CCO)ccc1F. The molecule has 1 rings (SSSR count). The smallest absolute Gasteiger partial charge is 0.126 e. The third kappa shape index (κ3) is 2.93. The number of aryl methyl sites for hydroxylation is 1. The molecule has 1 aromatic carbocycles. The lowest BCUT2D eigenvalue weighted by molar-refractivity contribution is 0.218. The standard InChI is InChI=1S/C12H18FNO2/c1-9-7-10(3-4-12(9)13)14(2)11(8-16)5-6-15/h3-4,7,11,15-16H,5-6,8H2,1-2H3. The molecule has 0 saturated carbocycles. The molecule has 0 aliphatic heterocycles. The van der Waals surface area contributed by atoms with Crippen molar-refractivity contribution in [3.63, 3.8) is 0 Å². The number of halogens is 1. The Bertz CT molecular complexity index is 344. The number of rotatable bonds is 5. The lowest BCUT2D eigenvalue weighted by atomic mass is 10.1. The van der Waals surface area contributed by atoms with Gasteiger partial charge in [0.05, 0.1) is 12.6 Å². The average Bonchev–Trinajstić information content (AvgIpc) is 2.28. The first-order chi connectivity index (χ1) is 7.60. The number of aliphatic hydroxyl groups excluding tert-OH is 2. The van der Waals surface area contributed by atoms with E-state index >= 15 is 0 Å². The van der Waals surface area contributed by atoms with Gasteiger partial charge in [-0.2, -0.15) is 0 Å². The van der Waals surface area contributed by atoms with E-state index in [4.69, 9.17) is 5.11 Å². The van der Waals surface area contributed by atoms with Crippen LogP contribution in [0.25, 0.3) is 0 Å². The predicted molar refractivity (Wildman–Crippen MR) is 62.1 cm³/mol. The van der Waals surface area contributed by atoms with Crippen molar-refractivity contribution in [2.24, 2.45) is 0 Å². The van der Waals surface area contributed by atoms with E-state index in [1.807, 2.05) is 11.9 Å². The number of hydrogen-bond donors (Lipinski definition) is 2. The zero-order valence-electron chi connectivity index (χ0n) is 9.65. The van der Waals surface area contributed by atoms with E-state index in [1.165, 1.54) is 6.07 Å². The van der Waals surface area contributed by atoms with Crippen LogP contribution in [-0.2, 0) is 0 Å². The highest BCUT2D eigenvalue weighted by Gasteiger charge is 2.14. The molecule has 0 aromatic heterocycles. The second kappa shape index (κ2) is 5.82. The summed E-state index contributed by atoms with van der Waals surface area (Å²) in [6, 6.07) is 4.67. The lowest BCUT2D eigenvalue weighted by Crippen LogP contribution is -2.35. The van der Waals surface area contributed by atoms with Crippen molar-refractivity contribution in [3.8, 4) is 0 Å². The number of anilines is 1. The summed E-state index contributed by atoms with van der Waals surface area (Å²) < 4.78 is 13.1. The van der Waals surface area contributed by atoms with Crippen LogP contribution >= 0.6 is 0 Å². The summed E-state index contributed by atoms with van der Waals surface area (Å²) in [6.07, 6.45) is 0.490. The van der Waals surface area contributed by atoms with Crippen LogP contribution in [0.2, 0.25) is 0 Å². The molecule has 1 atom stereocenters. The minimum Gasteiger partial charge on any atom is -0.396 e. The maximum absolute atomic E-state index is 13.1. The Morgan fingerprint density at radius 3 is 2.56 bits per heavy atom. The highest BCUT2D eigenvalue weighted by molar-refractivity contribution is 5.49. The van der Waals surface area contributed by atoms with Crippen molar-refractivity contribution < 1.29 is 14.6 Å². The van der Waals surface area contributed by atoms with E-state index in [2.05, 4.69) is 0 Å². The van der Waals surface area contributed by atoms with Crippen LogP contribution in [0, 0.1) is 12.7 Å². The van der Waals surface area contributed by atoms with Crippen LogP contribution in [-0.4, -0.2) is 36.5 Å². The van der Waals surface area contributed by atoms with Crippen LogP contribution in [0.1, 0.15) is 12.0 Å². The molecule has 0 radical (unpaired) electrons. The van der Waals surface area contributed by atoms with E-state index in [1.54, 1.807) is 19.1 Å². The maximum Gasteiger partial charge on any atom is 0.126 e. The fourth-order valence-electron chi connectivity index (χ4n) is 1.62. The van der Waals surface area contributed by atoms with Gasteiger partial charge in [-0.05, 0) is 37.1 Å². The van der Waals surface area contributed by atoms with Gasteiger partial charge in [-0.3, -0.25) is 0 Å². The maximum atomic E-state index is 13.1. The quantitative estimate of drug-likeness (QED) is 0.797. The van der Waals surface area contributed by atoms with Gasteiger partial charge in [0.15, 0.2) is 0 Å². The molecule has 0 bridgehead atoms. The normalized spacial score (nSPS) is 12.6. The van der Waals surface area contributed by atoms with Gasteiger partial charge in [-0.25, -0.2) is 4.39 Å². The molecule has 2 N–H and O–H groups in total. The summed E-state index contributed by atoms with van der Waals surface area (Å²) in [5.74, 6) is -0.236. The van der Waals surface area contributed by atoms with Gasteiger partial charge in [-0.1, -0.05) is 0 Å². The molecule has 0 amide bonds. The van der Waals surface area contributed by atoms with Gasteiger partial charge < -0.3 is 15.1 Å². The number of hydrogen-bond acceptors (Lipinski definition) is 3. The summed E-state index contributed by atoms with van der Waals surface area (Å²) >= 11 is 0. The van der Waals surface area contributed by atoms with Crippen molar-refractivity contribution in [1.29, 1.82) is 0 Å². The minimum absolute atomic E-state index is 0.0236. The van der Waals surface area contributed by atoms with E-state index in [-0.39, 0.29) is 25.1 Å². The van der Waals surface area contributed by atoms with Gasteiger partial charge in [0.1, 0.15) is 5.82 Å². The summed E-state index contributed by atoms with van der Waals surface area (Å²) in [4.78, 5) is 1.85. The van der Waals surface area contributed by atoms with E-state index in [0.717, 1.165) is 5.69 Å². The van der Waals surface area contributed by atoms with Crippen molar-refractivity contribution in [2.75, 3.05) is 25.2 Å². The third-order valence-electron chi connectivity index (χ3n) is 2.77. The van der Waals surface area contributed by atoms with Crippen molar-refractivity contribution in [1.82, 2.24) is 0 Å². The van der Waals surface area contributed by atoms with Crippen LogP contribution in [0.4, 0.5) is 10.1 Å². The summed E-state index contributed by atoms with van der Waals surface area (Å²) in [5.41, 5.74) is 1.41. The average molecular weight is 227 g/mol. The minimum atomic E-state index is -0.236. The number of benzene rings is 1. The Kier molecular flexibility index (Phi) is 4.71. The fraction of sp³-hybridized carbons (Fsp3) is 0.500.